The first-order chi connectivity index (χ1) is 11.7. The van der Waals surface area contributed by atoms with Gasteiger partial charge >= 0.3 is 0 Å². The first-order valence-corrected chi connectivity index (χ1v) is 8.44. The number of imidazole rings is 1. The highest BCUT2D eigenvalue weighted by molar-refractivity contribution is 5.35. The van der Waals surface area contributed by atoms with Gasteiger partial charge in [0.1, 0.15) is 0 Å². The van der Waals surface area contributed by atoms with E-state index in [-0.39, 0.29) is 0 Å². The number of rotatable bonds is 7. The van der Waals surface area contributed by atoms with E-state index in [2.05, 4.69) is 62.6 Å². The average Bonchev–Trinajstić information content (AvgIpc) is 2.96. The van der Waals surface area contributed by atoms with Crippen LogP contribution < -0.4 is 5.73 Å². The molecule has 0 aliphatic heterocycles. The Balaban J connectivity index is 1.76. The van der Waals surface area contributed by atoms with Gasteiger partial charge in [-0.3, -0.25) is 9.30 Å². The first-order valence-electron chi connectivity index (χ1n) is 8.44. The summed E-state index contributed by atoms with van der Waals surface area (Å²) in [5.41, 5.74) is 10.5. The number of benzene rings is 1. The molecule has 1 aromatic carbocycles. The molecule has 126 valence electrons. The van der Waals surface area contributed by atoms with Gasteiger partial charge in [-0.25, -0.2) is 9.97 Å². The number of hydrogen-bond acceptors (Lipinski definition) is 4. The summed E-state index contributed by atoms with van der Waals surface area (Å²) in [5.74, 6) is 0.776. The Hall–Kier alpha value is -2.24. The van der Waals surface area contributed by atoms with Gasteiger partial charge in [0.25, 0.3) is 0 Å². The maximum absolute atomic E-state index is 5.81. The first kappa shape index (κ1) is 16.6. The highest BCUT2D eigenvalue weighted by Gasteiger charge is 2.12. The molecule has 0 saturated heterocycles. The molecule has 0 radical (unpaired) electrons. The predicted octanol–water partition coefficient (Wildman–Crippen LogP) is 2.35. The van der Waals surface area contributed by atoms with Crippen LogP contribution in [-0.2, 0) is 13.0 Å². The molecule has 5 nitrogen and oxygen atoms in total. The maximum Gasteiger partial charge on any atom is 0.234 e. The lowest BCUT2D eigenvalue weighted by atomic mass is 10.1. The number of aryl methyl sites for hydroxylation is 2. The fourth-order valence-electron chi connectivity index (χ4n) is 3.12. The fraction of sp³-hybridized carbons (Fsp3) is 0.368. The molecule has 3 aromatic rings. The van der Waals surface area contributed by atoms with E-state index in [9.17, 15) is 0 Å². The third-order valence-electron chi connectivity index (χ3n) is 4.25. The summed E-state index contributed by atoms with van der Waals surface area (Å²) in [6.45, 7) is 7.44. The summed E-state index contributed by atoms with van der Waals surface area (Å²) >= 11 is 0. The van der Waals surface area contributed by atoms with Gasteiger partial charge in [-0.1, -0.05) is 30.3 Å². The highest BCUT2D eigenvalue weighted by atomic mass is 15.2. The van der Waals surface area contributed by atoms with Crippen LogP contribution in [0.25, 0.3) is 5.78 Å². The number of aromatic nitrogens is 3. The van der Waals surface area contributed by atoms with E-state index >= 15 is 0 Å². The summed E-state index contributed by atoms with van der Waals surface area (Å²) in [6.07, 6.45) is 2.95. The maximum atomic E-state index is 5.81. The molecule has 0 unspecified atom stereocenters. The lowest BCUT2D eigenvalue weighted by Crippen LogP contribution is -2.31. The van der Waals surface area contributed by atoms with Crippen LogP contribution in [0.4, 0.5) is 0 Å². The molecular formula is C19H25N5. The van der Waals surface area contributed by atoms with Crippen molar-refractivity contribution in [1.82, 2.24) is 19.3 Å². The van der Waals surface area contributed by atoms with Crippen molar-refractivity contribution in [1.29, 1.82) is 0 Å². The molecule has 2 aromatic heterocycles. The van der Waals surface area contributed by atoms with Crippen molar-refractivity contribution in [3.63, 3.8) is 0 Å². The molecular weight excluding hydrogens is 298 g/mol. The Labute approximate surface area is 143 Å². The quantitative estimate of drug-likeness (QED) is 0.725. The second-order valence-electron chi connectivity index (χ2n) is 6.22. The Kier molecular flexibility index (Phi) is 5.23. The van der Waals surface area contributed by atoms with E-state index in [0.29, 0.717) is 6.54 Å². The Bertz CT molecular complexity index is 794. The van der Waals surface area contributed by atoms with E-state index in [0.717, 1.165) is 43.2 Å². The minimum Gasteiger partial charge on any atom is -0.329 e. The summed E-state index contributed by atoms with van der Waals surface area (Å²) < 4.78 is 2.14. The van der Waals surface area contributed by atoms with Gasteiger partial charge in [0.05, 0.1) is 11.9 Å². The molecule has 3 rings (SSSR count). The molecule has 0 aliphatic rings. The summed E-state index contributed by atoms with van der Waals surface area (Å²) in [7, 11) is 0. The van der Waals surface area contributed by atoms with Crippen LogP contribution in [0.2, 0.25) is 0 Å². The van der Waals surface area contributed by atoms with Crippen molar-refractivity contribution >= 4 is 5.78 Å². The van der Waals surface area contributed by atoms with E-state index in [1.807, 2.05) is 13.1 Å². The van der Waals surface area contributed by atoms with Crippen molar-refractivity contribution in [3.05, 3.63) is 65.2 Å². The minimum absolute atomic E-state index is 0.655. The molecule has 5 heteroatoms. The lowest BCUT2D eigenvalue weighted by Gasteiger charge is -2.21. The summed E-state index contributed by atoms with van der Waals surface area (Å²) in [4.78, 5) is 11.4. The number of fused-ring (bicyclic) bond motifs is 1. The van der Waals surface area contributed by atoms with Crippen LogP contribution in [0.1, 0.15) is 22.6 Å². The largest absolute Gasteiger partial charge is 0.329 e. The van der Waals surface area contributed by atoms with Crippen molar-refractivity contribution in [2.75, 3.05) is 19.6 Å². The smallest absolute Gasteiger partial charge is 0.234 e. The van der Waals surface area contributed by atoms with Crippen LogP contribution in [0, 0.1) is 13.8 Å². The third-order valence-corrected chi connectivity index (χ3v) is 4.25. The van der Waals surface area contributed by atoms with Gasteiger partial charge in [-0.15, -0.1) is 0 Å². The fourth-order valence-corrected chi connectivity index (χ4v) is 3.12. The second-order valence-corrected chi connectivity index (χ2v) is 6.22. The van der Waals surface area contributed by atoms with Gasteiger partial charge in [0.15, 0.2) is 0 Å². The molecule has 0 saturated carbocycles. The summed E-state index contributed by atoms with van der Waals surface area (Å²) in [6, 6.07) is 12.7. The van der Waals surface area contributed by atoms with Crippen LogP contribution in [0.5, 0.6) is 0 Å². The zero-order valence-electron chi connectivity index (χ0n) is 14.4. The zero-order valence-corrected chi connectivity index (χ0v) is 14.4. The Morgan fingerprint density at radius 3 is 2.67 bits per heavy atom. The van der Waals surface area contributed by atoms with Crippen LogP contribution in [0.15, 0.2) is 42.6 Å². The van der Waals surface area contributed by atoms with Gasteiger partial charge in [-0.2, -0.15) is 0 Å². The van der Waals surface area contributed by atoms with E-state index in [4.69, 9.17) is 5.73 Å². The normalized spacial score (nSPS) is 11.5. The number of nitrogens with zero attached hydrogens (tertiary/aromatic N) is 4. The molecule has 0 fully saturated rings. The molecule has 2 heterocycles. The molecule has 0 amide bonds. The van der Waals surface area contributed by atoms with Crippen LogP contribution in [-0.4, -0.2) is 38.9 Å². The Morgan fingerprint density at radius 1 is 1.12 bits per heavy atom. The standard InChI is InChI=1S/C19H25N5/c1-15-12-16(2)24-18(13-21-19(24)22-15)14-23(11-9-20)10-8-17-6-4-3-5-7-17/h3-7,12-13H,8-11,14,20H2,1-2H3. The summed E-state index contributed by atoms with van der Waals surface area (Å²) in [5, 5.41) is 0. The molecule has 2 N–H and O–H groups in total. The van der Waals surface area contributed by atoms with Crippen molar-refractivity contribution in [2.45, 2.75) is 26.8 Å². The lowest BCUT2D eigenvalue weighted by molar-refractivity contribution is 0.272. The van der Waals surface area contributed by atoms with E-state index in [1.54, 1.807) is 0 Å². The highest BCUT2D eigenvalue weighted by Crippen LogP contribution is 2.13. The van der Waals surface area contributed by atoms with Crippen molar-refractivity contribution in [2.24, 2.45) is 5.73 Å². The molecule has 0 aliphatic carbocycles. The number of hydrogen-bond donors (Lipinski definition) is 1. The van der Waals surface area contributed by atoms with E-state index in [1.165, 1.54) is 11.3 Å². The molecule has 0 atom stereocenters. The van der Waals surface area contributed by atoms with Crippen molar-refractivity contribution < 1.29 is 0 Å². The topological polar surface area (TPSA) is 59.5 Å². The van der Waals surface area contributed by atoms with Gasteiger partial charge < -0.3 is 5.73 Å². The SMILES string of the molecule is Cc1cc(C)n2c(CN(CCN)CCc3ccccc3)cnc2n1. The molecule has 0 spiro atoms. The molecule has 0 bridgehead atoms. The Morgan fingerprint density at radius 2 is 1.92 bits per heavy atom. The predicted molar refractivity (Wildman–Crippen MR) is 96.9 cm³/mol. The third kappa shape index (κ3) is 3.80. The minimum atomic E-state index is 0.655. The van der Waals surface area contributed by atoms with E-state index < -0.39 is 0 Å². The van der Waals surface area contributed by atoms with Gasteiger partial charge in [-0.05, 0) is 31.9 Å². The van der Waals surface area contributed by atoms with Crippen LogP contribution in [0.3, 0.4) is 0 Å². The number of nitrogens with two attached hydrogens (primary N) is 1. The monoisotopic (exact) mass is 323 g/mol. The van der Waals surface area contributed by atoms with Crippen molar-refractivity contribution in [3.8, 4) is 0 Å². The van der Waals surface area contributed by atoms with Gasteiger partial charge in [0, 0.05) is 37.6 Å². The average molecular weight is 323 g/mol. The second kappa shape index (κ2) is 7.55. The zero-order chi connectivity index (χ0) is 16.9. The van der Waals surface area contributed by atoms with Gasteiger partial charge in [0.2, 0.25) is 5.78 Å². The molecule has 24 heavy (non-hydrogen) atoms. The van der Waals surface area contributed by atoms with Crippen LogP contribution >= 0.6 is 0 Å².